The van der Waals surface area contributed by atoms with Gasteiger partial charge in [0.15, 0.2) is 0 Å². The summed E-state index contributed by atoms with van der Waals surface area (Å²) in [6, 6.07) is 14.5. The summed E-state index contributed by atoms with van der Waals surface area (Å²) >= 11 is 0. The Hall–Kier alpha value is -2.55. The fourth-order valence-corrected chi connectivity index (χ4v) is 3.24. The van der Waals surface area contributed by atoms with Crippen LogP contribution in [0.3, 0.4) is 0 Å². The lowest BCUT2D eigenvalue weighted by Crippen LogP contribution is -2.24. The maximum atomic E-state index is 12.2. The Bertz CT molecular complexity index is 891. The van der Waals surface area contributed by atoms with Gasteiger partial charge in [0.2, 0.25) is 10.0 Å². The van der Waals surface area contributed by atoms with E-state index in [1.54, 1.807) is 12.1 Å². The van der Waals surface area contributed by atoms with Gasteiger partial charge in [-0.25, -0.2) is 8.42 Å². The van der Waals surface area contributed by atoms with Gasteiger partial charge < -0.3 is 4.74 Å². The normalized spacial score (nSPS) is 10.7. The molecule has 2 aromatic rings. The molecule has 0 aliphatic heterocycles. The van der Waals surface area contributed by atoms with E-state index in [1.807, 2.05) is 49.4 Å². The molecule has 4 nitrogen and oxygen atoms in total. The Kier molecular flexibility index (Phi) is 7.46. The first kappa shape index (κ1) is 19.8. The van der Waals surface area contributed by atoms with E-state index in [0.717, 1.165) is 29.7 Å². The molecule has 2 aromatic carbocycles. The Morgan fingerprint density at radius 1 is 1.12 bits per heavy atom. The number of allylic oxidation sites excluding steroid dienone is 1. The molecule has 0 amide bonds. The highest BCUT2D eigenvalue weighted by Gasteiger charge is 2.12. The van der Waals surface area contributed by atoms with Gasteiger partial charge >= 0.3 is 0 Å². The van der Waals surface area contributed by atoms with Crippen LogP contribution in [0.4, 0.5) is 0 Å². The van der Waals surface area contributed by atoms with Gasteiger partial charge in [-0.1, -0.05) is 55.2 Å². The van der Waals surface area contributed by atoms with Gasteiger partial charge in [-0.15, -0.1) is 6.58 Å². The molecule has 0 aliphatic rings. The zero-order valence-electron chi connectivity index (χ0n) is 14.9. The van der Waals surface area contributed by atoms with Crippen molar-refractivity contribution in [1.29, 1.82) is 0 Å². The SMILES string of the molecule is C=CCc1ccccc1OCC#CCNS(=O)(=O)c1ccc(CC)cc1. The largest absolute Gasteiger partial charge is 0.481 e. The summed E-state index contributed by atoms with van der Waals surface area (Å²) in [6.45, 7) is 5.98. The van der Waals surface area contributed by atoms with E-state index < -0.39 is 10.0 Å². The Balaban J connectivity index is 1.85. The van der Waals surface area contributed by atoms with E-state index >= 15 is 0 Å². The molecule has 0 saturated heterocycles. The van der Waals surface area contributed by atoms with Gasteiger partial charge in [0.25, 0.3) is 0 Å². The summed E-state index contributed by atoms with van der Waals surface area (Å²) in [7, 11) is -3.54. The van der Waals surface area contributed by atoms with Crippen molar-refractivity contribution < 1.29 is 13.2 Å². The van der Waals surface area contributed by atoms with Gasteiger partial charge in [-0.3, -0.25) is 0 Å². The minimum absolute atomic E-state index is 0.0372. The molecular formula is C21H23NO3S. The maximum Gasteiger partial charge on any atom is 0.241 e. The topological polar surface area (TPSA) is 55.4 Å². The first-order valence-corrected chi connectivity index (χ1v) is 9.91. The Morgan fingerprint density at radius 3 is 2.54 bits per heavy atom. The Morgan fingerprint density at radius 2 is 1.85 bits per heavy atom. The molecule has 0 aromatic heterocycles. The van der Waals surface area contributed by atoms with Crippen molar-refractivity contribution in [1.82, 2.24) is 4.72 Å². The van der Waals surface area contributed by atoms with Gasteiger partial charge in [-0.05, 0) is 42.2 Å². The standard InChI is InChI=1S/C21H23NO3S/c1-3-9-19-10-5-6-11-21(19)25-17-8-7-16-22-26(23,24)20-14-12-18(4-2)13-15-20/h3,5-6,10-15,22H,1,4,9,16-17H2,2H3. The molecule has 136 valence electrons. The lowest BCUT2D eigenvalue weighted by Gasteiger charge is -2.07. The van der Waals surface area contributed by atoms with Gasteiger partial charge in [0, 0.05) is 0 Å². The summed E-state index contributed by atoms with van der Waals surface area (Å²) in [5.41, 5.74) is 2.14. The van der Waals surface area contributed by atoms with Crippen LogP contribution in [0.15, 0.2) is 66.1 Å². The molecule has 5 heteroatoms. The number of rotatable bonds is 8. The number of sulfonamides is 1. The number of benzene rings is 2. The third-order valence-electron chi connectivity index (χ3n) is 3.75. The number of hydrogen-bond acceptors (Lipinski definition) is 3. The molecule has 0 unspecified atom stereocenters. The summed E-state index contributed by atoms with van der Waals surface area (Å²) in [5.74, 6) is 6.35. The molecule has 26 heavy (non-hydrogen) atoms. The first-order valence-electron chi connectivity index (χ1n) is 8.42. The highest BCUT2D eigenvalue weighted by Crippen LogP contribution is 2.18. The third-order valence-corrected chi connectivity index (χ3v) is 5.17. The second-order valence-corrected chi connectivity index (χ2v) is 7.33. The third kappa shape index (κ3) is 5.76. The number of aryl methyl sites for hydroxylation is 1. The maximum absolute atomic E-state index is 12.2. The molecular weight excluding hydrogens is 346 g/mol. The van der Waals surface area contributed by atoms with E-state index in [-0.39, 0.29) is 18.0 Å². The molecule has 0 saturated carbocycles. The molecule has 0 fully saturated rings. The number of nitrogens with one attached hydrogen (secondary N) is 1. The van der Waals surface area contributed by atoms with Crippen molar-refractivity contribution >= 4 is 10.0 Å². The molecule has 0 heterocycles. The molecule has 0 atom stereocenters. The molecule has 0 bridgehead atoms. The number of para-hydroxylation sites is 1. The second kappa shape index (κ2) is 9.81. The quantitative estimate of drug-likeness (QED) is 0.574. The molecule has 0 aliphatic carbocycles. The van der Waals surface area contributed by atoms with Crippen molar-refractivity contribution in [3.63, 3.8) is 0 Å². The molecule has 0 radical (unpaired) electrons. The number of hydrogen-bond donors (Lipinski definition) is 1. The Labute approximate surface area is 156 Å². The number of ether oxygens (including phenoxy) is 1. The van der Waals surface area contributed by atoms with Crippen molar-refractivity contribution in [3.8, 4) is 17.6 Å². The average molecular weight is 369 g/mol. The second-order valence-electron chi connectivity index (χ2n) is 5.56. The fraction of sp³-hybridized carbons (Fsp3) is 0.238. The summed E-state index contributed by atoms with van der Waals surface area (Å²) in [4.78, 5) is 0.242. The summed E-state index contributed by atoms with van der Waals surface area (Å²) < 4.78 is 32.5. The van der Waals surface area contributed by atoms with E-state index in [4.69, 9.17) is 4.74 Å². The van der Waals surface area contributed by atoms with Crippen LogP contribution in [0.1, 0.15) is 18.1 Å². The predicted octanol–water partition coefficient (Wildman–Crippen LogP) is 3.34. The zero-order valence-corrected chi connectivity index (χ0v) is 15.7. The average Bonchev–Trinajstić information content (AvgIpc) is 2.66. The van der Waals surface area contributed by atoms with Gasteiger partial charge in [-0.2, -0.15) is 4.72 Å². The van der Waals surface area contributed by atoms with Crippen LogP contribution in [-0.2, 0) is 22.9 Å². The van der Waals surface area contributed by atoms with E-state index in [9.17, 15) is 8.42 Å². The van der Waals surface area contributed by atoms with Crippen molar-refractivity contribution in [2.75, 3.05) is 13.2 Å². The molecule has 1 N–H and O–H groups in total. The van der Waals surface area contributed by atoms with E-state index in [1.165, 1.54) is 0 Å². The summed E-state index contributed by atoms with van der Waals surface area (Å²) in [6.07, 6.45) is 3.41. The summed E-state index contributed by atoms with van der Waals surface area (Å²) in [5, 5.41) is 0. The highest BCUT2D eigenvalue weighted by atomic mass is 32.2. The lowest BCUT2D eigenvalue weighted by molar-refractivity contribution is 0.366. The molecule has 0 spiro atoms. The minimum Gasteiger partial charge on any atom is -0.481 e. The predicted molar refractivity (Wildman–Crippen MR) is 105 cm³/mol. The van der Waals surface area contributed by atoms with Crippen molar-refractivity contribution in [3.05, 3.63) is 72.3 Å². The van der Waals surface area contributed by atoms with Gasteiger partial charge in [0.1, 0.15) is 12.4 Å². The van der Waals surface area contributed by atoms with Crippen LogP contribution in [0, 0.1) is 11.8 Å². The van der Waals surface area contributed by atoms with Crippen LogP contribution in [0.25, 0.3) is 0 Å². The van der Waals surface area contributed by atoms with Crippen LogP contribution in [0.2, 0.25) is 0 Å². The van der Waals surface area contributed by atoms with E-state index in [2.05, 4.69) is 23.1 Å². The van der Waals surface area contributed by atoms with Crippen LogP contribution in [0.5, 0.6) is 5.75 Å². The van der Waals surface area contributed by atoms with Crippen molar-refractivity contribution in [2.45, 2.75) is 24.7 Å². The first-order chi connectivity index (χ1) is 12.6. The molecule has 2 rings (SSSR count). The smallest absolute Gasteiger partial charge is 0.241 e. The van der Waals surface area contributed by atoms with Gasteiger partial charge in [0.05, 0.1) is 11.4 Å². The monoisotopic (exact) mass is 369 g/mol. The van der Waals surface area contributed by atoms with Crippen LogP contribution >= 0.6 is 0 Å². The zero-order chi connectivity index (χ0) is 18.8. The fourth-order valence-electron chi connectivity index (χ4n) is 2.31. The van der Waals surface area contributed by atoms with Crippen molar-refractivity contribution in [2.24, 2.45) is 0 Å². The van der Waals surface area contributed by atoms with E-state index in [0.29, 0.717) is 0 Å². The van der Waals surface area contributed by atoms with Crippen LogP contribution < -0.4 is 9.46 Å². The highest BCUT2D eigenvalue weighted by molar-refractivity contribution is 7.89. The van der Waals surface area contributed by atoms with Crippen LogP contribution in [-0.4, -0.2) is 21.6 Å². The lowest BCUT2D eigenvalue weighted by atomic mass is 10.1. The minimum atomic E-state index is -3.54.